The highest BCUT2D eigenvalue weighted by atomic mass is 28.4. The predicted octanol–water partition coefficient (Wildman–Crippen LogP) is 4.69. The van der Waals surface area contributed by atoms with Crippen molar-refractivity contribution in [2.75, 3.05) is 33.2 Å². The van der Waals surface area contributed by atoms with Gasteiger partial charge in [-0.05, 0) is 40.5 Å². The first-order chi connectivity index (χ1) is 12.4. The minimum Gasteiger partial charge on any atom is -0.374 e. The number of halogens is 6. The molecule has 0 atom stereocenters. The molecule has 0 amide bonds. The van der Waals surface area contributed by atoms with Gasteiger partial charge in [0, 0.05) is 32.5 Å². The highest BCUT2D eigenvalue weighted by Gasteiger charge is 2.72. The van der Waals surface area contributed by atoms with Gasteiger partial charge >= 0.3 is 21.2 Å². The lowest BCUT2D eigenvalue weighted by molar-refractivity contribution is -0.395. The standard InChI is InChI=1S/C15H28F6O5Si/c1-5-22-12-23-13(14(16,17)18,15(19,20)21)10-9-11-27(24-6-2,25-7-3)26-8-4/h5-12H2,1-4H3. The van der Waals surface area contributed by atoms with E-state index >= 15 is 0 Å². The number of hydrogen-bond donors (Lipinski definition) is 0. The average molecular weight is 430 g/mol. The molecule has 0 fully saturated rings. The van der Waals surface area contributed by atoms with Crippen LogP contribution in [-0.4, -0.2) is 60.0 Å². The fraction of sp³-hybridized carbons (Fsp3) is 1.00. The topological polar surface area (TPSA) is 46.2 Å². The Hall–Kier alpha value is -0.403. The quantitative estimate of drug-likeness (QED) is 0.173. The second-order valence-electron chi connectivity index (χ2n) is 5.41. The SMILES string of the molecule is CCOCOC(CCC[Si](OCC)(OCC)OCC)(C(F)(F)F)C(F)(F)F. The molecule has 164 valence electrons. The van der Waals surface area contributed by atoms with Crippen LogP contribution in [0.25, 0.3) is 0 Å². The Morgan fingerprint density at radius 1 is 0.704 bits per heavy atom. The van der Waals surface area contributed by atoms with Gasteiger partial charge in [0.05, 0.1) is 0 Å². The smallest absolute Gasteiger partial charge is 0.374 e. The summed E-state index contributed by atoms with van der Waals surface area (Å²) in [5.41, 5.74) is -4.33. The largest absolute Gasteiger partial charge is 0.500 e. The van der Waals surface area contributed by atoms with Crippen LogP contribution < -0.4 is 0 Å². The van der Waals surface area contributed by atoms with Crippen molar-refractivity contribution in [3.05, 3.63) is 0 Å². The Bertz CT molecular complexity index is 374. The van der Waals surface area contributed by atoms with Crippen LogP contribution in [0.5, 0.6) is 0 Å². The summed E-state index contributed by atoms with van der Waals surface area (Å²) in [6.07, 6.45) is -13.2. The van der Waals surface area contributed by atoms with Crippen molar-refractivity contribution >= 4 is 8.80 Å². The summed E-state index contributed by atoms with van der Waals surface area (Å²) in [4.78, 5) is 0. The van der Waals surface area contributed by atoms with Crippen LogP contribution in [0, 0.1) is 0 Å². The van der Waals surface area contributed by atoms with Crippen LogP contribution >= 0.6 is 0 Å². The molecule has 0 unspecified atom stereocenters. The van der Waals surface area contributed by atoms with E-state index in [0.29, 0.717) is 0 Å². The van der Waals surface area contributed by atoms with E-state index < -0.39 is 46.4 Å². The first-order valence-corrected chi connectivity index (χ1v) is 10.6. The van der Waals surface area contributed by atoms with Gasteiger partial charge < -0.3 is 22.8 Å². The third-order valence-electron chi connectivity index (χ3n) is 3.61. The highest BCUT2D eigenvalue weighted by molar-refractivity contribution is 6.60. The second-order valence-corrected chi connectivity index (χ2v) is 8.15. The minimum absolute atomic E-state index is 0.0825. The predicted molar refractivity (Wildman–Crippen MR) is 87.1 cm³/mol. The molecule has 0 aromatic carbocycles. The molecule has 0 saturated heterocycles. The second kappa shape index (κ2) is 11.6. The lowest BCUT2D eigenvalue weighted by Crippen LogP contribution is -2.59. The summed E-state index contributed by atoms with van der Waals surface area (Å²) < 4.78 is 105. The fourth-order valence-electron chi connectivity index (χ4n) is 2.46. The van der Waals surface area contributed by atoms with Gasteiger partial charge in [0.2, 0.25) is 0 Å². The zero-order chi connectivity index (χ0) is 21.2. The van der Waals surface area contributed by atoms with E-state index in [-0.39, 0.29) is 32.5 Å². The summed E-state index contributed by atoms with van der Waals surface area (Å²) in [5.74, 6) is 0. The molecule has 0 saturated carbocycles. The number of rotatable bonds is 14. The van der Waals surface area contributed by atoms with Gasteiger partial charge in [-0.1, -0.05) is 0 Å². The molecule has 0 radical (unpaired) electrons. The van der Waals surface area contributed by atoms with Crippen LogP contribution in [0.2, 0.25) is 6.04 Å². The Balaban J connectivity index is 5.47. The van der Waals surface area contributed by atoms with Crippen molar-refractivity contribution in [3.8, 4) is 0 Å². The summed E-state index contributed by atoms with van der Waals surface area (Å²) >= 11 is 0. The van der Waals surface area contributed by atoms with E-state index in [4.69, 9.17) is 13.3 Å². The average Bonchev–Trinajstić information content (AvgIpc) is 2.52. The molecule has 0 bridgehead atoms. The maximum atomic E-state index is 13.4. The van der Waals surface area contributed by atoms with E-state index in [0.717, 1.165) is 0 Å². The van der Waals surface area contributed by atoms with Gasteiger partial charge in [-0.3, -0.25) is 0 Å². The van der Waals surface area contributed by atoms with Gasteiger partial charge in [-0.2, -0.15) is 26.3 Å². The molecular weight excluding hydrogens is 402 g/mol. The molecule has 0 spiro atoms. The number of alkyl halides is 6. The molecule has 0 aromatic heterocycles. The maximum absolute atomic E-state index is 13.4. The third kappa shape index (κ3) is 7.50. The van der Waals surface area contributed by atoms with Crippen LogP contribution in [-0.2, 0) is 22.8 Å². The van der Waals surface area contributed by atoms with Gasteiger partial charge in [-0.25, -0.2) is 0 Å². The summed E-state index contributed by atoms with van der Waals surface area (Å²) in [6, 6.07) is -0.200. The molecule has 0 aliphatic heterocycles. The van der Waals surface area contributed by atoms with Gasteiger partial charge in [0.25, 0.3) is 5.60 Å². The fourth-order valence-corrected chi connectivity index (χ4v) is 5.07. The Morgan fingerprint density at radius 3 is 1.48 bits per heavy atom. The van der Waals surface area contributed by atoms with E-state index in [1.165, 1.54) is 6.92 Å². The minimum atomic E-state index is -5.67. The highest BCUT2D eigenvalue weighted by Crippen LogP contribution is 2.49. The molecule has 0 heterocycles. The summed E-state index contributed by atoms with van der Waals surface area (Å²) in [7, 11) is -3.37. The molecular formula is C15H28F6O5Si. The van der Waals surface area contributed by atoms with E-state index in [1.54, 1.807) is 20.8 Å². The van der Waals surface area contributed by atoms with Crippen molar-refractivity contribution in [2.24, 2.45) is 0 Å². The Morgan fingerprint density at radius 2 is 1.15 bits per heavy atom. The van der Waals surface area contributed by atoms with E-state index in [2.05, 4.69) is 9.47 Å². The Labute approximate surface area is 156 Å². The third-order valence-corrected chi connectivity index (χ3v) is 6.76. The van der Waals surface area contributed by atoms with Gasteiger partial charge in [-0.15, -0.1) is 0 Å². The maximum Gasteiger partial charge on any atom is 0.500 e. The molecule has 0 N–H and O–H groups in total. The van der Waals surface area contributed by atoms with Crippen LogP contribution in [0.4, 0.5) is 26.3 Å². The number of hydrogen-bond acceptors (Lipinski definition) is 5. The zero-order valence-corrected chi connectivity index (χ0v) is 17.0. The van der Waals surface area contributed by atoms with E-state index in [1.807, 2.05) is 0 Å². The van der Waals surface area contributed by atoms with Crippen molar-refractivity contribution < 1.29 is 49.1 Å². The molecule has 12 heteroatoms. The van der Waals surface area contributed by atoms with Crippen molar-refractivity contribution in [2.45, 2.75) is 64.5 Å². The molecule has 5 nitrogen and oxygen atoms in total. The molecule has 0 aromatic rings. The van der Waals surface area contributed by atoms with Crippen LogP contribution in [0.3, 0.4) is 0 Å². The zero-order valence-electron chi connectivity index (χ0n) is 16.0. The molecule has 0 rings (SSSR count). The first kappa shape index (κ1) is 26.6. The van der Waals surface area contributed by atoms with Crippen molar-refractivity contribution in [3.63, 3.8) is 0 Å². The van der Waals surface area contributed by atoms with Gasteiger partial charge in [0.1, 0.15) is 6.79 Å². The van der Waals surface area contributed by atoms with Gasteiger partial charge in [0.15, 0.2) is 0 Å². The van der Waals surface area contributed by atoms with Crippen LogP contribution in [0.1, 0.15) is 40.5 Å². The lowest BCUT2D eigenvalue weighted by Gasteiger charge is -2.37. The van der Waals surface area contributed by atoms with Crippen molar-refractivity contribution in [1.82, 2.24) is 0 Å². The van der Waals surface area contributed by atoms with E-state index in [9.17, 15) is 26.3 Å². The lowest BCUT2D eigenvalue weighted by atomic mass is 9.96. The molecule has 27 heavy (non-hydrogen) atoms. The first-order valence-electron chi connectivity index (χ1n) is 8.72. The molecule has 0 aliphatic rings. The summed E-state index contributed by atoms with van der Waals surface area (Å²) in [6.45, 7) is 5.63. The van der Waals surface area contributed by atoms with Crippen molar-refractivity contribution in [1.29, 1.82) is 0 Å². The Kier molecular flexibility index (Phi) is 11.4. The monoisotopic (exact) mass is 430 g/mol. The number of ether oxygens (including phenoxy) is 2. The summed E-state index contributed by atoms with van der Waals surface area (Å²) in [5, 5.41) is 0. The van der Waals surface area contributed by atoms with Crippen LogP contribution in [0.15, 0.2) is 0 Å². The normalized spacial score (nSPS) is 14.0. The molecule has 0 aliphatic carbocycles.